The van der Waals surface area contributed by atoms with Gasteiger partial charge in [0.05, 0.1) is 5.69 Å². The van der Waals surface area contributed by atoms with Gasteiger partial charge < -0.3 is 15.2 Å². The number of likely N-dealkylation sites (N-methyl/N-ethyl adjacent to an activating group) is 1. The van der Waals surface area contributed by atoms with Crippen molar-refractivity contribution in [1.82, 2.24) is 24.8 Å². The molecule has 0 saturated carbocycles. The lowest BCUT2D eigenvalue weighted by molar-refractivity contribution is 0.413. The van der Waals surface area contributed by atoms with Gasteiger partial charge >= 0.3 is 0 Å². The van der Waals surface area contributed by atoms with E-state index in [1.165, 1.54) is 5.56 Å². The molecular weight excluding hydrogens is 336 g/mol. The van der Waals surface area contributed by atoms with Crippen molar-refractivity contribution >= 4 is 22.7 Å². The molecule has 2 N–H and O–H groups in total. The van der Waals surface area contributed by atoms with Crippen molar-refractivity contribution < 1.29 is 0 Å². The number of hydrogen-bond donors (Lipinski definition) is 2. The van der Waals surface area contributed by atoms with Gasteiger partial charge in [-0.1, -0.05) is 12.1 Å². The van der Waals surface area contributed by atoms with E-state index in [4.69, 9.17) is 0 Å². The first kappa shape index (κ1) is 17.2. The van der Waals surface area contributed by atoms with E-state index in [1.54, 1.807) is 12.4 Å². The Balaban J connectivity index is 1.53. The molecule has 0 radical (unpaired) electrons. The summed E-state index contributed by atoms with van der Waals surface area (Å²) in [5.41, 5.74) is 5.02. The van der Waals surface area contributed by atoms with Gasteiger partial charge in [0.2, 0.25) is 5.95 Å². The molecule has 3 heterocycles. The average Bonchev–Trinajstić information content (AvgIpc) is 3.12. The molecule has 136 valence electrons. The number of aromatic nitrogens is 4. The molecule has 0 aliphatic rings. The Morgan fingerprint density at radius 2 is 1.85 bits per heavy atom. The third kappa shape index (κ3) is 3.96. The summed E-state index contributed by atoms with van der Waals surface area (Å²) < 4.78 is 0. The minimum Gasteiger partial charge on any atom is -0.345 e. The van der Waals surface area contributed by atoms with Gasteiger partial charge in [0.15, 0.2) is 0 Å². The summed E-state index contributed by atoms with van der Waals surface area (Å²) in [6, 6.07) is 14.3. The highest BCUT2D eigenvalue weighted by molar-refractivity contribution is 5.92. The molecule has 0 atom stereocenters. The van der Waals surface area contributed by atoms with Crippen LogP contribution in [0, 0.1) is 0 Å². The van der Waals surface area contributed by atoms with Gasteiger partial charge in [-0.15, -0.1) is 0 Å². The number of H-pyrrole nitrogens is 1. The standard InChI is InChI=1S/C21H22N6/c1-27(2)13-10-15-5-7-16(8-6-15)25-21-23-12-9-19(26-21)18-14-24-20-17(18)4-3-11-22-20/h3-9,11-12,14H,10,13H2,1-2H3,(H,22,24)(H,23,25,26). The molecule has 0 aliphatic carbocycles. The second-order valence-corrected chi connectivity index (χ2v) is 6.74. The summed E-state index contributed by atoms with van der Waals surface area (Å²) in [4.78, 5) is 18.7. The number of nitrogens with one attached hydrogen (secondary N) is 2. The smallest absolute Gasteiger partial charge is 0.227 e. The van der Waals surface area contributed by atoms with Crippen molar-refractivity contribution in [3.63, 3.8) is 0 Å². The molecule has 0 saturated heterocycles. The number of fused-ring (bicyclic) bond motifs is 1. The number of aromatic amines is 1. The second kappa shape index (κ2) is 7.55. The van der Waals surface area contributed by atoms with Crippen LogP contribution in [0.2, 0.25) is 0 Å². The van der Waals surface area contributed by atoms with E-state index in [1.807, 2.05) is 24.4 Å². The SMILES string of the molecule is CN(C)CCc1ccc(Nc2nccc(-c3c[nH]c4ncccc34)n2)cc1. The Kier molecular flexibility index (Phi) is 4.80. The van der Waals surface area contributed by atoms with Crippen molar-refractivity contribution in [3.8, 4) is 11.3 Å². The topological polar surface area (TPSA) is 69.7 Å². The molecule has 6 nitrogen and oxygen atoms in total. The van der Waals surface area contributed by atoms with Gasteiger partial charge in [-0.3, -0.25) is 0 Å². The Morgan fingerprint density at radius 3 is 2.67 bits per heavy atom. The maximum absolute atomic E-state index is 4.67. The van der Waals surface area contributed by atoms with Crippen LogP contribution in [-0.4, -0.2) is 45.5 Å². The van der Waals surface area contributed by atoms with E-state index in [-0.39, 0.29) is 0 Å². The molecule has 0 amide bonds. The minimum atomic E-state index is 0.576. The van der Waals surface area contributed by atoms with Gasteiger partial charge in [0.25, 0.3) is 0 Å². The van der Waals surface area contributed by atoms with Crippen LogP contribution in [0.1, 0.15) is 5.56 Å². The van der Waals surface area contributed by atoms with Crippen LogP contribution in [0.3, 0.4) is 0 Å². The zero-order chi connectivity index (χ0) is 18.6. The lowest BCUT2D eigenvalue weighted by Gasteiger charge is -2.10. The molecule has 6 heteroatoms. The van der Waals surface area contributed by atoms with Crippen molar-refractivity contribution in [2.24, 2.45) is 0 Å². The predicted octanol–water partition coefficient (Wildman–Crippen LogP) is 3.87. The van der Waals surface area contributed by atoms with Crippen molar-refractivity contribution in [2.45, 2.75) is 6.42 Å². The fourth-order valence-corrected chi connectivity index (χ4v) is 2.97. The first-order valence-electron chi connectivity index (χ1n) is 8.95. The van der Waals surface area contributed by atoms with Gasteiger partial charge in [0.1, 0.15) is 5.65 Å². The average molecular weight is 358 g/mol. The molecule has 0 aliphatic heterocycles. The lowest BCUT2D eigenvalue weighted by Crippen LogP contribution is -2.14. The van der Waals surface area contributed by atoms with Crippen molar-refractivity contribution in [2.75, 3.05) is 26.0 Å². The zero-order valence-corrected chi connectivity index (χ0v) is 15.5. The second-order valence-electron chi connectivity index (χ2n) is 6.74. The molecular formula is C21H22N6. The summed E-state index contributed by atoms with van der Waals surface area (Å²) in [6.45, 7) is 1.04. The molecule has 0 fully saturated rings. The van der Waals surface area contributed by atoms with E-state index in [2.05, 4.69) is 68.5 Å². The fraction of sp³-hybridized carbons (Fsp3) is 0.190. The maximum atomic E-state index is 4.67. The molecule has 0 spiro atoms. The Hall–Kier alpha value is -3.25. The van der Waals surface area contributed by atoms with Gasteiger partial charge in [0, 0.05) is 41.8 Å². The Labute approximate surface area is 158 Å². The Morgan fingerprint density at radius 1 is 1.00 bits per heavy atom. The normalized spacial score (nSPS) is 11.2. The number of nitrogens with zero attached hydrogens (tertiary/aromatic N) is 4. The highest BCUT2D eigenvalue weighted by Gasteiger charge is 2.09. The number of rotatable bonds is 6. The Bertz CT molecular complexity index is 1040. The molecule has 3 aromatic heterocycles. The highest BCUT2D eigenvalue weighted by atomic mass is 15.1. The van der Waals surface area contributed by atoms with Crippen LogP contribution in [0.25, 0.3) is 22.3 Å². The lowest BCUT2D eigenvalue weighted by atomic mass is 10.1. The summed E-state index contributed by atoms with van der Waals surface area (Å²) in [5, 5.41) is 4.34. The largest absolute Gasteiger partial charge is 0.345 e. The summed E-state index contributed by atoms with van der Waals surface area (Å²) in [6.07, 6.45) is 6.51. The van der Waals surface area contributed by atoms with Crippen molar-refractivity contribution in [3.05, 3.63) is 66.6 Å². The van der Waals surface area contributed by atoms with Crippen LogP contribution in [0.5, 0.6) is 0 Å². The number of anilines is 2. The molecule has 4 rings (SSSR count). The van der Waals surface area contributed by atoms with E-state index in [0.717, 1.165) is 40.9 Å². The van der Waals surface area contributed by atoms with Gasteiger partial charge in [-0.2, -0.15) is 0 Å². The first-order chi connectivity index (χ1) is 13.2. The third-order valence-corrected chi connectivity index (χ3v) is 4.44. The predicted molar refractivity (Wildman–Crippen MR) is 109 cm³/mol. The van der Waals surface area contributed by atoms with Crippen LogP contribution in [0.4, 0.5) is 11.6 Å². The summed E-state index contributed by atoms with van der Waals surface area (Å²) in [7, 11) is 4.17. The van der Waals surface area contributed by atoms with Crippen LogP contribution in [-0.2, 0) is 6.42 Å². The van der Waals surface area contributed by atoms with Gasteiger partial charge in [-0.25, -0.2) is 15.0 Å². The number of benzene rings is 1. The maximum Gasteiger partial charge on any atom is 0.227 e. The molecule has 4 aromatic rings. The van der Waals surface area contributed by atoms with E-state index in [0.29, 0.717) is 5.95 Å². The molecule has 27 heavy (non-hydrogen) atoms. The fourth-order valence-electron chi connectivity index (χ4n) is 2.97. The quantitative estimate of drug-likeness (QED) is 0.548. The molecule has 0 unspecified atom stereocenters. The number of hydrogen-bond acceptors (Lipinski definition) is 5. The summed E-state index contributed by atoms with van der Waals surface area (Å²) in [5.74, 6) is 0.576. The van der Waals surface area contributed by atoms with E-state index >= 15 is 0 Å². The number of pyridine rings is 1. The van der Waals surface area contributed by atoms with Crippen LogP contribution >= 0.6 is 0 Å². The third-order valence-electron chi connectivity index (χ3n) is 4.44. The monoisotopic (exact) mass is 358 g/mol. The van der Waals surface area contributed by atoms with Crippen molar-refractivity contribution in [1.29, 1.82) is 0 Å². The minimum absolute atomic E-state index is 0.576. The molecule has 1 aromatic carbocycles. The zero-order valence-electron chi connectivity index (χ0n) is 15.5. The van der Waals surface area contributed by atoms with Crippen LogP contribution < -0.4 is 5.32 Å². The van der Waals surface area contributed by atoms with Gasteiger partial charge in [-0.05, 0) is 56.4 Å². The molecule has 0 bridgehead atoms. The highest BCUT2D eigenvalue weighted by Crippen LogP contribution is 2.26. The van der Waals surface area contributed by atoms with E-state index < -0.39 is 0 Å². The van der Waals surface area contributed by atoms with E-state index in [9.17, 15) is 0 Å². The van der Waals surface area contributed by atoms with Crippen LogP contribution in [0.15, 0.2) is 61.1 Å². The summed E-state index contributed by atoms with van der Waals surface area (Å²) >= 11 is 0. The first-order valence-corrected chi connectivity index (χ1v) is 8.95.